The van der Waals surface area contributed by atoms with Gasteiger partial charge in [-0.25, -0.2) is 0 Å². The molecule has 0 spiro atoms. The van der Waals surface area contributed by atoms with E-state index >= 15 is 0 Å². The summed E-state index contributed by atoms with van der Waals surface area (Å²) >= 11 is 0. The van der Waals surface area contributed by atoms with E-state index in [0.29, 0.717) is 0 Å². The van der Waals surface area contributed by atoms with Crippen LogP contribution in [0.5, 0.6) is 0 Å². The largest absolute Gasteiger partial charge is 0.350 e. The molecule has 2 N–H and O–H groups in total. The number of para-hydroxylation sites is 1. The molecular weight excluding hydrogens is 360 g/mol. The zero-order chi connectivity index (χ0) is 19.6. The van der Waals surface area contributed by atoms with Gasteiger partial charge in [0.05, 0.1) is 5.92 Å². The van der Waals surface area contributed by atoms with Crippen LogP contribution in [0.3, 0.4) is 0 Å². The topological polar surface area (TPSA) is 69.9 Å². The van der Waals surface area contributed by atoms with Crippen molar-refractivity contribution in [3.05, 3.63) is 48.2 Å². The monoisotopic (exact) mass is 390 g/mol. The minimum Gasteiger partial charge on any atom is -0.350 e. The van der Waals surface area contributed by atoms with Crippen LogP contribution in [0.2, 0.25) is 0 Å². The van der Waals surface area contributed by atoms with E-state index in [-0.39, 0.29) is 17.4 Å². The van der Waals surface area contributed by atoms with Crippen molar-refractivity contribution in [2.45, 2.75) is 56.9 Å². The normalized spacial score (nSPS) is 32.7. The van der Waals surface area contributed by atoms with Crippen molar-refractivity contribution < 1.29 is 4.52 Å². The number of aromatic nitrogens is 3. The summed E-state index contributed by atoms with van der Waals surface area (Å²) in [5, 5.41) is 5.27. The molecule has 2 heterocycles. The molecule has 4 bridgehead atoms. The highest BCUT2D eigenvalue weighted by atomic mass is 16.5. The van der Waals surface area contributed by atoms with Crippen LogP contribution in [0.1, 0.15) is 55.9 Å². The van der Waals surface area contributed by atoms with E-state index in [1.54, 1.807) is 6.33 Å². The van der Waals surface area contributed by atoms with Crippen LogP contribution in [-0.4, -0.2) is 20.7 Å². The Balaban J connectivity index is 1.38. The maximum absolute atomic E-state index is 7.03. The molecule has 5 nitrogen and oxygen atoms in total. The summed E-state index contributed by atoms with van der Waals surface area (Å²) in [5.41, 5.74) is 9.85. The molecule has 7 rings (SSSR count). The number of fused-ring (bicyclic) bond motifs is 1. The smallest absolute Gasteiger partial charge is 0.231 e. The second-order valence-electron chi connectivity index (χ2n) is 10.2. The van der Waals surface area contributed by atoms with Gasteiger partial charge in [-0.1, -0.05) is 23.4 Å². The first-order chi connectivity index (χ1) is 14.1. The van der Waals surface area contributed by atoms with Gasteiger partial charge in [0.25, 0.3) is 0 Å². The molecule has 4 aliphatic carbocycles. The summed E-state index contributed by atoms with van der Waals surface area (Å²) in [7, 11) is 2.12. The molecule has 3 aromatic rings. The average Bonchev–Trinajstić information content (AvgIpc) is 3.30. The van der Waals surface area contributed by atoms with E-state index < -0.39 is 0 Å². The van der Waals surface area contributed by atoms with Crippen LogP contribution in [-0.2, 0) is 13.5 Å². The Bertz CT molecular complexity index is 986. The molecular formula is C24H30N4O. The van der Waals surface area contributed by atoms with E-state index in [0.717, 1.165) is 30.1 Å². The lowest BCUT2D eigenvalue weighted by Gasteiger charge is -2.59. The second-order valence-corrected chi connectivity index (χ2v) is 10.2. The predicted octanol–water partition coefficient (Wildman–Crippen LogP) is 4.43. The third-order valence-corrected chi connectivity index (χ3v) is 8.25. The maximum Gasteiger partial charge on any atom is 0.231 e. The molecule has 0 aliphatic heterocycles. The minimum atomic E-state index is -0.0162. The molecule has 4 aliphatic rings. The molecule has 29 heavy (non-hydrogen) atoms. The lowest BCUT2D eigenvalue weighted by Crippen LogP contribution is -2.53. The van der Waals surface area contributed by atoms with Crippen molar-refractivity contribution in [3.63, 3.8) is 0 Å². The number of hydrogen-bond donors (Lipinski definition) is 1. The average molecular weight is 391 g/mol. The summed E-state index contributed by atoms with van der Waals surface area (Å²) in [4.78, 5) is 4.54. The van der Waals surface area contributed by atoms with Crippen molar-refractivity contribution >= 4 is 10.9 Å². The third kappa shape index (κ3) is 2.77. The summed E-state index contributed by atoms with van der Waals surface area (Å²) < 4.78 is 7.90. The van der Waals surface area contributed by atoms with Gasteiger partial charge in [-0.05, 0) is 79.7 Å². The van der Waals surface area contributed by atoms with Gasteiger partial charge in [0, 0.05) is 30.2 Å². The molecule has 5 heteroatoms. The van der Waals surface area contributed by atoms with Crippen LogP contribution in [0.25, 0.3) is 10.9 Å². The van der Waals surface area contributed by atoms with E-state index in [4.69, 9.17) is 10.3 Å². The molecule has 4 saturated carbocycles. The Labute approximate surface area is 171 Å². The number of rotatable bonds is 5. The van der Waals surface area contributed by atoms with Gasteiger partial charge in [0.1, 0.15) is 0 Å². The Hall–Kier alpha value is -2.14. The van der Waals surface area contributed by atoms with Gasteiger partial charge in [0.15, 0.2) is 6.33 Å². The standard InChI is InChI=1S/C24H30N4O/c1-28-13-18(19-4-2-3-5-21(19)28)9-20(25)22(23-26-14-27-29-23)24-10-15-6-16(11-24)8-17(7-15)12-24/h2-5,13-17,20,22H,6-12,25H2,1H3/t15?,16?,17?,20?,22-,24?/m0/s1. The minimum absolute atomic E-state index is 0.0162. The number of nitrogens with two attached hydrogens (primary N) is 1. The number of benzene rings is 1. The quantitative estimate of drug-likeness (QED) is 0.700. The molecule has 152 valence electrons. The van der Waals surface area contributed by atoms with Crippen molar-refractivity contribution in [1.29, 1.82) is 0 Å². The fourth-order valence-corrected chi connectivity index (χ4v) is 7.74. The Morgan fingerprint density at radius 1 is 1.14 bits per heavy atom. The first-order valence-electron chi connectivity index (χ1n) is 11.2. The van der Waals surface area contributed by atoms with Crippen LogP contribution >= 0.6 is 0 Å². The van der Waals surface area contributed by atoms with Crippen molar-refractivity contribution in [1.82, 2.24) is 14.7 Å². The molecule has 0 amide bonds. The first-order valence-corrected chi connectivity index (χ1v) is 11.2. The van der Waals surface area contributed by atoms with Crippen molar-refractivity contribution in [3.8, 4) is 0 Å². The molecule has 1 unspecified atom stereocenters. The highest BCUT2D eigenvalue weighted by Gasteiger charge is 2.56. The molecule has 0 radical (unpaired) electrons. The highest BCUT2D eigenvalue weighted by molar-refractivity contribution is 5.83. The van der Waals surface area contributed by atoms with E-state index in [9.17, 15) is 0 Å². The van der Waals surface area contributed by atoms with Crippen LogP contribution in [0.4, 0.5) is 0 Å². The van der Waals surface area contributed by atoms with Crippen LogP contribution < -0.4 is 5.73 Å². The van der Waals surface area contributed by atoms with Gasteiger partial charge in [-0.2, -0.15) is 4.98 Å². The first kappa shape index (κ1) is 17.7. The lowest BCUT2D eigenvalue weighted by molar-refractivity contribution is -0.0779. The van der Waals surface area contributed by atoms with Gasteiger partial charge in [-0.15, -0.1) is 0 Å². The zero-order valence-corrected chi connectivity index (χ0v) is 17.1. The van der Waals surface area contributed by atoms with E-state index in [1.807, 2.05) is 0 Å². The fourth-order valence-electron chi connectivity index (χ4n) is 7.74. The maximum atomic E-state index is 7.03. The molecule has 1 aromatic carbocycles. The molecule has 2 aromatic heterocycles. The van der Waals surface area contributed by atoms with Gasteiger partial charge >= 0.3 is 0 Å². The van der Waals surface area contributed by atoms with Gasteiger partial charge in [0.2, 0.25) is 5.89 Å². The molecule has 0 saturated heterocycles. The SMILES string of the molecule is Cn1cc(CC(N)[C@@H](c2ncno2)C23CC4CC(CC(C4)C2)C3)c2ccccc21. The molecule has 2 atom stereocenters. The van der Waals surface area contributed by atoms with Crippen molar-refractivity contribution in [2.24, 2.45) is 36.0 Å². The fraction of sp³-hybridized carbons (Fsp3) is 0.583. The predicted molar refractivity (Wildman–Crippen MR) is 112 cm³/mol. The molecule has 4 fully saturated rings. The summed E-state index contributed by atoms with van der Waals surface area (Å²) in [6.45, 7) is 0. The van der Waals surface area contributed by atoms with Gasteiger partial charge in [-0.3, -0.25) is 0 Å². The van der Waals surface area contributed by atoms with Crippen LogP contribution in [0.15, 0.2) is 41.3 Å². The van der Waals surface area contributed by atoms with Crippen LogP contribution in [0, 0.1) is 23.2 Å². The zero-order valence-electron chi connectivity index (χ0n) is 17.1. The second kappa shape index (κ2) is 6.43. The summed E-state index contributed by atoms with van der Waals surface area (Å²) in [6.07, 6.45) is 12.8. The Morgan fingerprint density at radius 2 is 1.83 bits per heavy atom. The van der Waals surface area contributed by atoms with E-state index in [2.05, 4.69) is 52.2 Å². The van der Waals surface area contributed by atoms with E-state index in [1.165, 1.54) is 55.0 Å². The van der Waals surface area contributed by atoms with Gasteiger partial charge < -0.3 is 14.8 Å². The summed E-state index contributed by atoms with van der Waals surface area (Å²) in [5.74, 6) is 3.53. The Kier molecular flexibility index (Phi) is 3.92. The van der Waals surface area contributed by atoms with Crippen molar-refractivity contribution in [2.75, 3.05) is 0 Å². The lowest BCUT2D eigenvalue weighted by atomic mass is 9.45. The number of aryl methyl sites for hydroxylation is 1. The number of nitrogens with zero attached hydrogens (tertiary/aromatic N) is 3. The highest BCUT2D eigenvalue weighted by Crippen LogP contribution is 2.65. The Morgan fingerprint density at radius 3 is 2.48 bits per heavy atom. The summed E-state index contributed by atoms with van der Waals surface area (Å²) in [6, 6.07) is 8.59. The third-order valence-electron chi connectivity index (χ3n) is 8.25. The number of hydrogen-bond acceptors (Lipinski definition) is 4.